The molecular formula is C48H33N3O. The van der Waals surface area contributed by atoms with Crippen molar-refractivity contribution in [2.24, 2.45) is 0 Å². The number of hydrogen-bond acceptors (Lipinski definition) is 4. The van der Waals surface area contributed by atoms with Crippen LogP contribution in [0.15, 0.2) is 156 Å². The second kappa shape index (κ2) is 12.0. The number of nitrogens with zero attached hydrogens (tertiary/aromatic N) is 3. The van der Waals surface area contributed by atoms with Crippen LogP contribution in [0, 0.1) is 13.8 Å². The zero-order chi connectivity index (χ0) is 34.8. The summed E-state index contributed by atoms with van der Waals surface area (Å²) in [6.07, 6.45) is 2.58. The van der Waals surface area contributed by atoms with Gasteiger partial charge in [0, 0.05) is 33.0 Å². The molecular weight excluding hydrogens is 635 g/mol. The Bertz CT molecular complexity index is 2820. The molecule has 0 aliphatic heterocycles. The van der Waals surface area contributed by atoms with Crippen molar-refractivity contribution in [2.75, 3.05) is 0 Å². The lowest BCUT2D eigenvalue weighted by Crippen LogP contribution is -2.03. The lowest BCUT2D eigenvalue weighted by atomic mass is 9.77. The summed E-state index contributed by atoms with van der Waals surface area (Å²) in [7, 11) is 0. The highest BCUT2D eigenvalue weighted by atomic mass is 16.3. The first-order chi connectivity index (χ1) is 25.7. The lowest BCUT2D eigenvalue weighted by molar-refractivity contribution is 0.670. The maximum Gasteiger partial charge on any atom is 0.144 e. The summed E-state index contributed by atoms with van der Waals surface area (Å²) in [6.45, 7) is 4.51. The van der Waals surface area contributed by atoms with Gasteiger partial charge in [0.15, 0.2) is 0 Å². The number of rotatable bonds is 5. The molecule has 0 spiro atoms. The van der Waals surface area contributed by atoms with Crippen LogP contribution in [0.25, 0.3) is 88.8 Å². The number of aromatic nitrogens is 3. The molecule has 0 unspecified atom stereocenters. The Labute approximate surface area is 302 Å². The van der Waals surface area contributed by atoms with Crippen molar-refractivity contribution in [1.29, 1.82) is 0 Å². The van der Waals surface area contributed by atoms with E-state index in [9.17, 15) is 0 Å². The van der Waals surface area contributed by atoms with E-state index in [0.717, 1.165) is 78.6 Å². The summed E-state index contributed by atoms with van der Waals surface area (Å²) < 4.78 is 7.15. The second-order valence-corrected chi connectivity index (χ2v) is 13.6. The number of para-hydroxylation sites is 1. The smallest absolute Gasteiger partial charge is 0.144 e. The van der Waals surface area contributed by atoms with Crippen LogP contribution in [-0.4, -0.2) is 15.4 Å². The summed E-state index contributed by atoms with van der Waals surface area (Å²) in [5.74, 6) is 0. The highest BCUT2D eigenvalue weighted by molar-refractivity contribution is 6.25. The fourth-order valence-corrected chi connectivity index (χ4v) is 8.42. The molecule has 4 heteroatoms. The Morgan fingerprint density at radius 2 is 1.21 bits per heavy atom. The molecule has 7 aromatic carbocycles. The molecule has 246 valence electrons. The maximum absolute atomic E-state index is 7.15. The molecule has 0 N–H and O–H groups in total. The number of aryl methyl sites for hydroxylation is 1. The van der Waals surface area contributed by atoms with E-state index in [-0.39, 0.29) is 0 Å². The van der Waals surface area contributed by atoms with Crippen molar-refractivity contribution < 1.29 is 4.42 Å². The molecule has 0 amide bonds. The van der Waals surface area contributed by atoms with E-state index in [0.29, 0.717) is 0 Å². The summed E-state index contributed by atoms with van der Waals surface area (Å²) >= 11 is 0. The Morgan fingerprint density at radius 1 is 0.538 bits per heavy atom. The first-order valence-corrected chi connectivity index (χ1v) is 17.7. The van der Waals surface area contributed by atoms with E-state index in [4.69, 9.17) is 9.52 Å². The molecule has 0 radical (unpaired) electrons. The van der Waals surface area contributed by atoms with Crippen LogP contribution in [0.2, 0.25) is 0 Å². The maximum atomic E-state index is 7.15. The highest BCUT2D eigenvalue weighted by Crippen LogP contribution is 2.57. The van der Waals surface area contributed by atoms with Crippen LogP contribution in [0.3, 0.4) is 0 Å². The normalized spacial score (nSPS) is 12.0. The monoisotopic (exact) mass is 667 g/mol. The van der Waals surface area contributed by atoms with Crippen molar-refractivity contribution in [1.82, 2.24) is 15.4 Å². The van der Waals surface area contributed by atoms with E-state index < -0.39 is 0 Å². The van der Waals surface area contributed by atoms with Crippen LogP contribution in [-0.2, 0) is 6.42 Å². The van der Waals surface area contributed by atoms with Crippen molar-refractivity contribution >= 4 is 21.9 Å². The van der Waals surface area contributed by atoms with Crippen molar-refractivity contribution in [3.63, 3.8) is 0 Å². The van der Waals surface area contributed by atoms with Crippen LogP contribution < -0.4 is 0 Å². The lowest BCUT2D eigenvalue weighted by Gasteiger charge is -2.25. The summed E-state index contributed by atoms with van der Waals surface area (Å²) in [5, 5.41) is 15.3. The molecule has 0 saturated heterocycles. The van der Waals surface area contributed by atoms with Crippen LogP contribution >= 0.6 is 0 Å². The third-order valence-electron chi connectivity index (χ3n) is 10.8. The van der Waals surface area contributed by atoms with Crippen LogP contribution in [0.5, 0.6) is 0 Å². The fraction of sp³-hybridized carbons (Fsp3) is 0.0625. The average molecular weight is 668 g/mol. The molecule has 0 fully saturated rings. The first-order valence-electron chi connectivity index (χ1n) is 17.7. The molecule has 2 aromatic heterocycles. The molecule has 52 heavy (non-hydrogen) atoms. The quantitative estimate of drug-likeness (QED) is 0.183. The largest absolute Gasteiger partial charge is 0.455 e. The standard InChI is InChI=1S/C48H33N3O/c1-29-27-38-35-21-10-9-19-33(35)28-39(38)42(30(29)2)47-44(36-22-12-11-20-34(36)31-15-5-3-6-16-31)48-45(37-23-13-14-24-41(37)52-48)43(32-17-7-4-8-18-32)46(47)40-25-26-49-51-50-40/h3-27H,28H2,1-2H3. The molecule has 0 saturated carbocycles. The van der Waals surface area contributed by atoms with Gasteiger partial charge >= 0.3 is 0 Å². The molecule has 0 bridgehead atoms. The van der Waals surface area contributed by atoms with Crippen molar-refractivity contribution in [3.05, 3.63) is 174 Å². The van der Waals surface area contributed by atoms with Crippen LogP contribution in [0.1, 0.15) is 22.3 Å². The minimum Gasteiger partial charge on any atom is -0.455 e. The zero-order valence-electron chi connectivity index (χ0n) is 28.9. The van der Waals surface area contributed by atoms with Gasteiger partial charge in [0.05, 0.1) is 11.9 Å². The van der Waals surface area contributed by atoms with E-state index in [1.807, 2.05) is 6.07 Å². The zero-order valence-corrected chi connectivity index (χ0v) is 28.9. The topological polar surface area (TPSA) is 51.8 Å². The third-order valence-corrected chi connectivity index (χ3v) is 10.8. The molecule has 1 aliphatic carbocycles. The van der Waals surface area contributed by atoms with E-state index in [2.05, 4.69) is 164 Å². The van der Waals surface area contributed by atoms with Gasteiger partial charge in [-0.1, -0.05) is 133 Å². The number of benzene rings is 7. The van der Waals surface area contributed by atoms with E-state index >= 15 is 0 Å². The SMILES string of the molecule is Cc1cc2c(c(-c3c(-c4ccnnn4)c(-c4ccccc4)c4c(oc5ccccc54)c3-c3ccccc3-c3ccccc3)c1C)Cc1ccccc1-2. The summed E-state index contributed by atoms with van der Waals surface area (Å²) in [6, 6.07) is 51.7. The van der Waals surface area contributed by atoms with E-state index in [1.54, 1.807) is 6.20 Å². The Morgan fingerprint density at radius 3 is 1.98 bits per heavy atom. The van der Waals surface area contributed by atoms with Gasteiger partial charge in [0.1, 0.15) is 11.2 Å². The second-order valence-electron chi connectivity index (χ2n) is 13.6. The van der Waals surface area contributed by atoms with Gasteiger partial charge in [0.25, 0.3) is 0 Å². The molecule has 0 atom stereocenters. The fourth-order valence-electron chi connectivity index (χ4n) is 8.42. The van der Waals surface area contributed by atoms with Gasteiger partial charge < -0.3 is 4.42 Å². The van der Waals surface area contributed by atoms with Gasteiger partial charge in [-0.15, -0.1) is 10.2 Å². The third kappa shape index (κ3) is 4.58. The molecule has 10 rings (SSSR count). The highest BCUT2D eigenvalue weighted by Gasteiger charge is 2.33. The predicted molar refractivity (Wildman–Crippen MR) is 212 cm³/mol. The van der Waals surface area contributed by atoms with Crippen molar-refractivity contribution in [2.45, 2.75) is 20.3 Å². The Kier molecular flexibility index (Phi) is 6.97. The van der Waals surface area contributed by atoms with E-state index in [1.165, 1.54) is 38.9 Å². The van der Waals surface area contributed by atoms with Gasteiger partial charge in [0.2, 0.25) is 0 Å². The Hall–Kier alpha value is -6.65. The molecule has 4 nitrogen and oxygen atoms in total. The molecule has 2 heterocycles. The first kappa shape index (κ1) is 30.2. The Balaban J connectivity index is 1.50. The van der Waals surface area contributed by atoms with Gasteiger partial charge in [-0.3, -0.25) is 0 Å². The predicted octanol–water partition coefficient (Wildman–Crippen LogP) is 12.3. The van der Waals surface area contributed by atoms with Gasteiger partial charge in [-0.25, -0.2) is 0 Å². The number of hydrogen-bond donors (Lipinski definition) is 0. The average Bonchev–Trinajstić information content (AvgIpc) is 3.77. The molecule has 9 aromatic rings. The summed E-state index contributed by atoms with van der Waals surface area (Å²) in [4.78, 5) is 0. The van der Waals surface area contributed by atoms with Gasteiger partial charge in [-0.2, -0.15) is 0 Å². The number of fused-ring (bicyclic) bond motifs is 6. The van der Waals surface area contributed by atoms with Crippen LogP contribution in [0.4, 0.5) is 0 Å². The van der Waals surface area contributed by atoms with Crippen molar-refractivity contribution in [3.8, 4) is 66.9 Å². The molecule has 1 aliphatic rings. The number of furan rings is 1. The van der Waals surface area contributed by atoms with Gasteiger partial charge in [-0.05, 0) is 98.8 Å². The minimum atomic E-state index is 0.764. The summed E-state index contributed by atoms with van der Waals surface area (Å²) in [5.41, 5.74) is 20.1. The minimum absolute atomic E-state index is 0.764.